The van der Waals surface area contributed by atoms with Crippen LogP contribution in [0.4, 0.5) is 10.1 Å². The summed E-state index contributed by atoms with van der Waals surface area (Å²) in [6.45, 7) is 0. The maximum atomic E-state index is 12.6. The molecular formula is C10H8FN3. The molecule has 1 aromatic rings. The van der Waals surface area contributed by atoms with Gasteiger partial charge in [0.2, 0.25) is 6.04 Å². The normalized spacial score (nSPS) is 9.21. The smallest absolute Gasteiger partial charge is 0.204 e. The maximum absolute atomic E-state index is 12.6. The van der Waals surface area contributed by atoms with Crippen molar-refractivity contribution in [1.82, 2.24) is 0 Å². The summed E-state index contributed by atoms with van der Waals surface area (Å²) in [6, 6.07) is 8.45. The van der Waals surface area contributed by atoms with Crippen molar-refractivity contribution in [3.8, 4) is 12.1 Å². The summed E-state index contributed by atoms with van der Waals surface area (Å²) in [6.07, 6.45) is 0. The van der Waals surface area contributed by atoms with E-state index in [4.69, 9.17) is 10.5 Å². The zero-order valence-electron chi connectivity index (χ0n) is 7.61. The molecule has 0 spiro atoms. The predicted octanol–water partition coefficient (Wildman–Crippen LogP) is 1.68. The Kier molecular flexibility index (Phi) is 3.04. The van der Waals surface area contributed by atoms with Crippen LogP contribution in [-0.2, 0) is 0 Å². The third-order valence-corrected chi connectivity index (χ3v) is 1.87. The summed E-state index contributed by atoms with van der Waals surface area (Å²) in [7, 11) is 1.62. The Hall–Kier alpha value is -2.07. The summed E-state index contributed by atoms with van der Waals surface area (Å²) in [5.74, 6) is -0.340. The average molecular weight is 189 g/mol. The van der Waals surface area contributed by atoms with Crippen molar-refractivity contribution in [2.75, 3.05) is 11.9 Å². The van der Waals surface area contributed by atoms with E-state index in [1.165, 1.54) is 29.2 Å². The summed E-state index contributed by atoms with van der Waals surface area (Å²) in [5.41, 5.74) is 0.638. The van der Waals surface area contributed by atoms with E-state index in [1.54, 1.807) is 7.05 Å². The number of nitrogens with zero attached hydrogens (tertiary/aromatic N) is 3. The molecule has 0 aliphatic rings. The minimum Gasteiger partial charge on any atom is -0.347 e. The molecular weight excluding hydrogens is 181 g/mol. The van der Waals surface area contributed by atoms with Crippen LogP contribution in [0.25, 0.3) is 0 Å². The summed E-state index contributed by atoms with van der Waals surface area (Å²) in [4.78, 5) is 1.49. The molecule has 0 bridgehead atoms. The monoisotopic (exact) mass is 189 g/mol. The molecule has 70 valence electrons. The quantitative estimate of drug-likeness (QED) is 0.711. The van der Waals surface area contributed by atoms with Crippen molar-refractivity contribution >= 4 is 5.69 Å². The third-order valence-electron chi connectivity index (χ3n) is 1.87. The van der Waals surface area contributed by atoms with Crippen LogP contribution in [0.2, 0.25) is 0 Å². The molecule has 0 amide bonds. The van der Waals surface area contributed by atoms with Crippen LogP contribution in [-0.4, -0.2) is 13.1 Å². The molecule has 4 heteroatoms. The maximum Gasteiger partial charge on any atom is 0.204 e. The molecule has 0 aliphatic heterocycles. The number of hydrogen-bond donors (Lipinski definition) is 0. The largest absolute Gasteiger partial charge is 0.347 e. The van der Waals surface area contributed by atoms with Gasteiger partial charge in [0.1, 0.15) is 18.0 Å². The second-order valence-electron chi connectivity index (χ2n) is 2.75. The lowest BCUT2D eigenvalue weighted by molar-refractivity contribution is 0.627. The van der Waals surface area contributed by atoms with Crippen LogP contribution in [0.3, 0.4) is 0 Å². The van der Waals surface area contributed by atoms with Gasteiger partial charge in [0, 0.05) is 12.7 Å². The number of rotatable bonds is 2. The van der Waals surface area contributed by atoms with E-state index in [0.717, 1.165) is 0 Å². The van der Waals surface area contributed by atoms with Gasteiger partial charge >= 0.3 is 0 Å². The first-order chi connectivity index (χ1) is 6.69. The van der Waals surface area contributed by atoms with Gasteiger partial charge in [0.25, 0.3) is 0 Å². The number of hydrogen-bond acceptors (Lipinski definition) is 3. The summed E-state index contributed by atoms with van der Waals surface area (Å²) >= 11 is 0. The molecule has 0 saturated carbocycles. The molecule has 0 atom stereocenters. The molecule has 0 radical (unpaired) electrons. The topological polar surface area (TPSA) is 50.8 Å². The molecule has 0 fully saturated rings. The van der Waals surface area contributed by atoms with E-state index in [2.05, 4.69) is 0 Å². The van der Waals surface area contributed by atoms with E-state index in [9.17, 15) is 4.39 Å². The molecule has 1 rings (SSSR count). The van der Waals surface area contributed by atoms with Crippen molar-refractivity contribution in [2.24, 2.45) is 0 Å². The first-order valence-electron chi connectivity index (χ1n) is 3.96. The van der Waals surface area contributed by atoms with Gasteiger partial charge in [0.05, 0.1) is 0 Å². The van der Waals surface area contributed by atoms with E-state index < -0.39 is 6.04 Å². The fourth-order valence-electron chi connectivity index (χ4n) is 1.03. The zero-order valence-corrected chi connectivity index (χ0v) is 7.61. The van der Waals surface area contributed by atoms with Crippen molar-refractivity contribution < 1.29 is 4.39 Å². The van der Waals surface area contributed by atoms with Gasteiger partial charge in [-0.05, 0) is 24.3 Å². The third kappa shape index (κ3) is 1.99. The van der Waals surface area contributed by atoms with Crippen LogP contribution < -0.4 is 4.90 Å². The minimum absolute atomic E-state index is 0.340. The van der Waals surface area contributed by atoms with Crippen molar-refractivity contribution in [1.29, 1.82) is 10.5 Å². The Balaban J connectivity index is 2.91. The zero-order chi connectivity index (χ0) is 10.6. The van der Waals surface area contributed by atoms with Crippen molar-refractivity contribution in [3.05, 3.63) is 30.1 Å². The van der Waals surface area contributed by atoms with E-state index >= 15 is 0 Å². The Bertz CT molecular complexity index is 371. The van der Waals surface area contributed by atoms with Crippen molar-refractivity contribution in [3.63, 3.8) is 0 Å². The van der Waals surface area contributed by atoms with E-state index in [0.29, 0.717) is 5.69 Å². The first-order valence-corrected chi connectivity index (χ1v) is 3.96. The van der Waals surface area contributed by atoms with Crippen molar-refractivity contribution in [2.45, 2.75) is 6.04 Å². The summed E-state index contributed by atoms with van der Waals surface area (Å²) < 4.78 is 12.6. The van der Waals surface area contributed by atoms with E-state index in [1.807, 2.05) is 12.1 Å². The Labute approximate surface area is 81.6 Å². The van der Waals surface area contributed by atoms with Gasteiger partial charge in [-0.1, -0.05) is 0 Å². The van der Waals surface area contributed by atoms with E-state index in [-0.39, 0.29) is 5.82 Å². The van der Waals surface area contributed by atoms with Crippen LogP contribution in [0, 0.1) is 28.5 Å². The minimum atomic E-state index is -0.847. The van der Waals surface area contributed by atoms with Gasteiger partial charge in [-0.25, -0.2) is 4.39 Å². The van der Waals surface area contributed by atoms with Gasteiger partial charge < -0.3 is 4.90 Å². The molecule has 14 heavy (non-hydrogen) atoms. The Morgan fingerprint density at radius 3 is 2.14 bits per heavy atom. The molecule has 0 heterocycles. The second-order valence-corrected chi connectivity index (χ2v) is 2.75. The molecule has 0 unspecified atom stereocenters. The Morgan fingerprint density at radius 2 is 1.71 bits per heavy atom. The fourth-order valence-corrected chi connectivity index (χ4v) is 1.03. The number of nitriles is 2. The number of halogens is 1. The lowest BCUT2D eigenvalue weighted by Gasteiger charge is -2.19. The Morgan fingerprint density at radius 1 is 1.21 bits per heavy atom. The highest BCUT2D eigenvalue weighted by Crippen LogP contribution is 2.14. The first kappa shape index (κ1) is 10.0. The highest BCUT2D eigenvalue weighted by molar-refractivity contribution is 5.49. The molecule has 0 aliphatic carbocycles. The molecule has 3 nitrogen and oxygen atoms in total. The second kappa shape index (κ2) is 4.25. The average Bonchev–Trinajstić information content (AvgIpc) is 2.20. The van der Waals surface area contributed by atoms with Gasteiger partial charge in [0.15, 0.2) is 0 Å². The standard InChI is InChI=1S/C10H8FN3/c1-14(10(6-12)7-13)9-4-2-8(11)3-5-9/h2-5,10H,1H3. The fraction of sp³-hybridized carbons (Fsp3) is 0.200. The number of anilines is 1. The van der Waals surface area contributed by atoms with Crippen LogP contribution in [0.5, 0.6) is 0 Å². The highest BCUT2D eigenvalue weighted by Gasteiger charge is 2.12. The molecule has 1 aromatic carbocycles. The SMILES string of the molecule is CN(c1ccc(F)cc1)C(C#N)C#N. The van der Waals surface area contributed by atoms with Crippen LogP contribution >= 0.6 is 0 Å². The highest BCUT2D eigenvalue weighted by atomic mass is 19.1. The predicted molar refractivity (Wildman–Crippen MR) is 49.8 cm³/mol. The molecule has 0 aromatic heterocycles. The number of benzene rings is 1. The summed E-state index contributed by atoms with van der Waals surface area (Å²) in [5, 5.41) is 17.2. The van der Waals surface area contributed by atoms with Gasteiger partial charge in [-0.15, -0.1) is 0 Å². The van der Waals surface area contributed by atoms with Gasteiger partial charge in [-0.2, -0.15) is 10.5 Å². The lowest BCUT2D eigenvalue weighted by Crippen LogP contribution is -2.28. The van der Waals surface area contributed by atoms with Crippen LogP contribution in [0.1, 0.15) is 0 Å². The van der Waals surface area contributed by atoms with Crippen LogP contribution in [0.15, 0.2) is 24.3 Å². The molecule has 0 saturated heterocycles. The molecule has 0 N–H and O–H groups in total. The lowest BCUT2D eigenvalue weighted by atomic mass is 10.2. The van der Waals surface area contributed by atoms with Gasteiger partial charge in [-0.3, -0.25) is 0 Å².